The third-order valence-electron chi connectivity index (χ3n) is 3.49. The average molecular weight is 170 g/mol. The molecule has 70 valence electrons. The Labute approximate surface area is 74.0 Å². The largest absolute Gasteiger partial charge is 0.481 e. The van der Waals surface area contributed by atoms with E-state index < -0.39 is 11.4 Å². The molecule has 12 heavy (non-hydrogen) atoms. The van der Waals surface area contributed by atoms with Gasteiger partial charge in [0.2, 0.25) is 0 Å². The van der Waals surface area contributed by atoms with Crippen LogP contribution < -0.4 is 0 Å². The van der Waals surface area contributed by atoms with Crippen LogP contribution in [0.4, 0.5) is 0 Å². The van der Waals surface area contributed by atoms with Crippen LogP contribution in [-0.2, 0) is 4.79 Å². The molecule has 2 heteroatoms. The first-order valence-electron chi connectivity index (χ1n) is 4.70. The predicted molar refractivity (Wildman–Crippen MR) is 47.9 cm³/mol. The maximum Gasteiger partial charge on any atom is 0.309 e. The molecule has 1 N–H and O–H groups in total. The van der Waals surface area contributed by atoms with Crippen molar-refractivity contribution in [3.63, 3.8) is 0 Å². The lowest BCUT2D eigenvalue weighted by molar-refractivity contribution is -0.153. The second kappa shape index (κ2) is 3.08. The molecule has 0 aliphatic heterocycles. The molecule has 1 fully saturated rings. The van der Waals surface area contributed by atoms with Crippen molar-refractivity contribution < 1.29 is 9.90 Å². The van der Waals surface area contributed by atoms with Gasteiger partial charge in [-0.15, -0.1) is 0 Å². The van der Waals surface area contributed by atoms with Crippen molar-refractivity contribution in [2.45, 2.75) is 40.0 Å². The van der Waals surface area contributed by atoms with Crippen molar-refractivity contribution in [1.82, 2.24) is 0 Å². The maximum atomic E-state index is 11.0. The number of carbonyl (C=O) groups is 1. The third kappa shape index (κ3) is 1.47. The van der Waals surface area contributed by atoms with Gasteiger partial charge in [-0.3, -0.25) is 4.79 Å². The minimum atomic E-state index is -0.623. The lowest BCUT2D eigenvalue weighted by Crippen LogP contribution is -2.38. The van der Waals surface area contributed by atoms with Crippen LogP contribution in [0.3, 0.4) is 0 Å². The summed E-state index contributed by atoms with van der Waals surface area (Å²) in [5, 5.41) is 9.05. The second-order valence-corrected chi connectivity index (χ2v) is 4.50. The molecular formula is C10H18O2. The normalized spacial score (nSPS) is 42.6. The van der Waals surface area contributed by atoms with Gasteiger partial charge < -0.3 is 5.11 Å². The Bertz CT molecular complexity index is 188. The van der Waals surface area contributed by atoms with E-state index in [1.165, 1.54) is 0 Å². The molecule has 1 aliphatic rings. The van der Waals surface area contributed by atoms with E-state index in [-0.39, 0.29) is 0 Å². The first kappa shape index (κ1) is 9.56. The standard InChI is InChI=1S/C10H18O2/c1-7-4-5-10(3,9(11)12)8(2)6-7/h7-8H,4-6H2,1-3H3,(H,11,12)/t7-,8+,10-/m1/s1. The van der Waals surface area contributed by atoms with Crippen molar-refractivity contribution in [2.24, 2.45) is 17.3 Å². The fourth-order valence-electron chi connectivity index (χ4n) is 2.09. The predicted octanol–water partition coefficient (Wildman–Crippen LogP) is 2.53. The molecule has 1 aliphatic carbocycles. The molecule has 0 bridgehead atoms. The summed E-state index contributed by atoms with van der Waals surface area (Å²) in [6, 6.07) is 0. The van der Waals surface area contributed by atoms with Crippen molar-refractivity contribution in [2.75, 3.05) is 0 Å². The summed E-state index contributed by atoms with van der Waals surface area (Å²) in [6.07, 6.45) is 2.96. The van der Waals surface area contributed by atoms with Crippen molar-refractivity contribution >= 4 is 5.97 Å². The number of rotatable bonds is 1. The maximum absolute atomic E-state index is 11.0. The zero-order valence-corrected chi connectivity index (χ0v) is 8.13. The molecule has 0 aromatic carbocycles. The summed E-state index contributed by atoms with van der Waals surface area (Å²) in [7, 11) is 0. The van der Waals surface area contributed by atoms with E-state index in [1.54, 1.807) is 0 Å². The lowest BCUT2D eigenvalue weighted by Gasteiger charge is -2.38. The van der Waals surface area contributed by atoms with Crippen LogP contribution >= 0.6 is 0 Å². The van der Waals surface area contributed by atoms with Crippen LogP contribution in [-0.4, -0.2) is 11.1 Å². The van der Waals surface area contributed by atoms with Gasteiger partial charge in [0, 0.05) is 0 Å². The van der Waals surface area contributed by atoms with Gasteiger partial charge in [0.05, 0.1) is 5.41 Å². The van der Waals surface area contributed by atoms with E-state index in [0.29, 0.717) is 11.8 Å². The molecule has 0 aromatic rings. The molecule has 0 spiro atoms. The molecule has 0 saturated heterocycles. The Hall–Kier alpha value is -0.530. The number of hydrogen-bond donors (Lipinski definition) is 1. The average Bonchev–Trinajstić information content (AvgIpc) is 1.97. The van der Waals surface area contributed by atoms with Crippen molar-refractivity contribution in [3.05, 3.63) is 0 Å². The first-order valence-corrected chi connectivity index (χ1v) is 4.70. The zero-order chi connectivity index (χ0) is 9.35. The molecule has 1 saturated carbocycles. The monoisotopic (exact) mass is 170 g/mol. The summed E-state index contributed by atoms with van der Waals surface area (Å²) in [6.45, 7) is 6.15. The summed E-state index contributed by atoms with van der Waals surface area (Å²) in [4.78, 5) is 11.0. The fourth-order valence-corrected chi connectivity index (χ4v) is 2.09. The minimum absolute atomic E-state index is 0.318. The summed E-state index contributed by atoms with van der Waals surface area (Å²) in [5.41, 5.74) is -0.466. The summed E-state index contributed by atoms with van der Waals surface area (Å²) >= 11 is 0. The Morgan fingerprint density at radius 1 is 1.50 bits per heavy atom. The molecule has 3 atom stereocenters. The molecular weight excluding hydrogens is 152 g/mol. The van der Waals surface area contributed by atoms with Crippen molar-refractivity contribution in [1.29, 1.82) is 0 Å². The van der Waals surface area contributed by atoms with Gasteiger partial charge in [0.1, 0.15) is 0 Å². The van der Waals surface area contributed by atoms with E-state index in [2.05, 4.69) is 13.8 Å². The lowest BCUT2D eigenvalue weighted by atomic mass is 9.65. The molecule has 0 radical (unpaired) electrons. The highest BCUT2D eigenvalue weighted by Crippen LogP contribution is 2.43. The highest BCUT2D eigenvalue weighted by Gasteiger charge is 2.42. The van der Waals surface area contributed by atoms with Gasteiger partial charge >= 0.3 is 5.97 Å². The molecule has 0 heterocycles. The Balaban J connectivity index is 2.72. The number of carboxylic acids is 1. The SMILES string of the molecule is C[C@@H]1CC[C@@](C)(C(=O)O)[C@@H](C)C1. The van der Waals surface area contributed by atoms with Gasteiger partial charge in [0.15, 0.2) is 0 Å². The zero-order valence-electron chi connectivity index (χ0n) is 8.13. The fraction of sp³-hybridized carbons (Fsp3) is 0.900. The molecule has 0 amide bonds. The molecule has 0 aromatic heterocycles. The van der Waals surface area contributed by atoms with Gasteiger partial charge in [-0.1, -0.05) is 13.8 Å². The van der Waals surface area contributed by atoms with E-state index in [4.69, 9.17) is 5.11 Å². The van der Waals surface area contributed by atoms with Crippen LogP contribution in [0.15, 0.2) is 0 Å². The summed E-state index contributed by atoms with van der Waals surface area (Å²) < 4.78 is 0. The Morgan fingerprint density at radius 2 is 2.08 bits per heavy atom. The highest BCUT2D eigenvalue weighted by atomic mass is 16.4. The second-order valence-electron chi connectivity index (χ2n) is 4.50. The Kier molecular flexibility index (Phi) is 2.45. The van der Waals surface area contributed by atoms with Crippen LogP contribution in [0, 0.1) is 17.3 Å². The van der Waals surface area contributed by atoms with E-state index in [9.17, 15) is 4.79 Å². The minimum Gasteiger partial charge on any atom is -0.481 e. The molecule has 1 rings (SSSR count). The topological polar surface area (TPSA) is 37.3 Å². The van der Waals surface area contributed by atoms with Crippen LogP contribution in [0.25, 0.3) is 0 Å². The van der Waals surface area contributed by atoms with Gasteiger partial charge in [0.25, 0.3) is 0 Å². The van der Waals surface area contributed by atoms with Gasteiger partial charge in [-0.05, 0) is 38.0 Å². The van der Waals surface area contributed by atoms with E-state index in [1.807, 2.05) is 6.92 Å². The smallest absolute Gasteiger partial charge is 0.309 e. The number of carboxylic acid groups (broad SMARTS) is 1. The highest BCUT2D eigenvalue weighted by molar-refractivity contribution is 5.74. The third-order valence-corrected chi connectivity index (χ3v) is 3.49. The molecule has 2 nitrogen and oxygen atoms in total. The number of hydrogen-bond acceptors (Lipinski definition) is 1. The Morgan fingerprint density at radius 3 is 2.50 bits per heavy atom. The van der Waals surface area contributed by atoms with Gasteiger partial charge in [-0.25, -0.2) is 0 Å². The van der Waals surface area contributed by atoms with Crippen LogP contribution in [0.2, 0.25) is 0 Å². The summed E-state index contributed by atoms with van der Waals surface area (Å²) in [5.74, 6) is 0.396. The van der Waals surface area contributed by atoms with Crippen LogP contribution in [0.5, 0.6) is 0 Å². The first-order chi connectivity index (χ1) is 5.47. The van der Waals surface area contributed by atoms with Gasteiger partial charge in [-0.2, -0.15) is 0 Å². The van der Waals surface area contributed by atoms with Crippen LogP contribution in [0.1, 0.15) is 40.0 Å². The van der Waals surface area contributed by atoms with E-state index in [0.717, 1.165) is 19.3 Å². The van der Waals surface area contributed by atoms with Crippen molar-refractivity contribution in [3.8, 4) is 0 Å². The quantitative estimate of drug-likeness (QED) is 0.656. The number of aliphatic carboxylic acids is 1. The molecule has 0 unspecified atom stereocenters. The van der Waals surface area contributed by atoms with E-state index >= 15 is 0 Å².